The zero-order valence-electron chi connectivity index (χ0n) is 14.2. The van der Waals surface area contributed by atoms with E-state index in [0.29, 0.717) is 0 Å². The number of aromatic nitrogens is 3. The quantitative estimate of drug-likeness (QED) is 0.315. The summed E-state index contributed by atoms with van der Waals surface area (Å²) >= 11 is 0. The second-order valence-electron chi connectivity index (χ2n) is 4.17. The molecule has 3 aromatic rings. The Labute approximate surface area is 173 Å². The van der Waals surface area contributed by atoms with Crippen molar-refractivity contribution < 1.29 is 49.2 Å². The van der Waals surface area contributed by atoms with Crippen molar-refractivity contribution in [3.8, 4) is 22.4 Å². The van der Waals surface area contributed by atoms with Crippen molar-refractivity contribution in [2.75, 3.05) is 0 Å². The number of hydrogen-bond acceptors (Lipinski definition) is 9. The van der Waals surface area contributed by atoms with Crippen molar-refractivity contribution in [3.63, 3.8) is 0 Å². The van der Waals surface area contributed by atoms with Gasteiger partial charge in [-0.15, -0.1) is 0 Å². The summed E-state index contributed by atoms with van der Waals surface area (Å²) in [7, 11) is 0. The van der Waals surface area contributed by atoms with Crippen molar-refractivity contribution in [3.05, 3.63) is 67.4 Å². The molecule has 1 radical (unpaired) electrons. The number of hydrogen-bond donors (Lipinski definition) is 0. The average Bonchev–Trinajstić information content (AvgIpc) is 2.71. The molecule has 3 rings (SSSR count). The maximum Gasteiger partial charge on any atom is 3.00 e. The first-order valence-corrected chi connectivity index (χ1v) is 7.12. The van der Waals surface area contributed by atoms with Gasteiger partial charge in [0.25, 0.3) is 0 Å². The molecule has 145 valence electrons. The largest absolute Gasteiger partial charge is 3.00 e. The Morgan fingerprint density at radius 1 is 0.679 bits per heavy atom. The van der Waals surface area contributed by atoms with Crippen LogP contribution in [0.3, 0.4) is 0 Å². The van der Waals surface area contributed by atoms with Crippen molar-refractivity contribution >= 4 is 19.4 Å². The van der Waals surface area contributed by atoms with E-state index in [4.69, 9.17) is 29.7 Å². The van der Waals surface area contributed by atoms with Crippen LogP contribution in [0.25, 0.3) is 22.4 Å². The molecule has 28 heavy (non-hydrogen) atoms. The van der Waals surface area contributed by atoms with Crippen LogP contribution in [-0.4, -0.2) is 34.4 Å². The van der Waals surface area contributed by atoms with E-state index in [9.17, 15) is 0 Å². The summed E-state index contributed by atoms with van der Waals surface area (Å²) in [6, 6.07) is 11.9. The van der Waals surface area contributed by atoms with Gasteiger partial charge in [0.05, 0.1) is 5.69 Å². The molecule has 0 aliphatic heterocycles. The van der Waals surface area contributed by atoms with E-state index in [1.165, 1.54) is 0 Å². The molecule has 0 atom stereocenters. The Morgan fingerprint density at radius 2 is 1.11 bits per heavy atom. The molecule has 0 bridgehead atoms. The van der Waals surface area contributed by atoms with Gasteiger partial charge in [-0.05, 0) is 24.3 Å². The van der Waals surface area contributed by atoms with Crippen LogP contribution in [0.1, 0.15) is 0 Å². The SMILES string of the molecule is O=C[O-].O=C[O-].O=C[O-].[Ru+3].c1cncc(-c2cccnc2-c2cccnc2)c1. The zero-order chi connectivity index (χ0) is 20.3. The predicted octanol–water partition coefficient (Wildman–Crippen LogP) is -1.70. The molecule has 0 saturated carbocycles. The zero-order valence-corrected chi connectivity index (χ0v) is 16.0. The first kappa shape index (κ1) is 26.7. The van der Waals surface area contributed by atoms with Crippen LogP contribution in [0, 0.1) is 0 Å². The molecule has 0 aliphatic carbocycles. The summed E-state index contributed by atoms with van der Waals surface area (Å²) in [4.78, 5) is 37.5. The fraction of sp³-hybridized carbons (Fsp3) is 0. The summed E-state index contributed by atoms with van der Waals surface area (Å²) in [5.74, 6) is 0. The molecule has 0 amide bonds. The second kappa shape index (κ2) is 18.3. The summed E-state index contributed by atoms with van der Waals surface area (Å²) < 4.78 is 0. The standard InChI is InChI=1S/C15H11N3.3CH2O2.Ru/c1-4-12(10-16-7-1)14-6-3-9-18-15(14)13-5-2-8-17-11-13;3*2-1-3;/h1-11H;3*1H,(H,2,3);/q;;;;+3/p-3. The molecular formula is C18H14N3O6Ru. The molecule has 0 N–H and O–H groups in total. The van der Waals surface area contributed by atoms with E-state index in [1.54, 1.807) is 18.6 Å². The number of carboxylic acid groups (broad SMARTS) is 3. The third kappa shape index (κ3) is 10.5. The van der Waals surface area contributed by atoms with Crippen LogP contribution >= 0.6 is 0 Å². The van der Waals surface area contributed by atoms with Gasteiger partial charge in [0.2, 0.25) is 0 Å². The molecule has 3 heterocycles. The van der Waals surface area contributed by atoms with E-state index >= 15 is 0 Å². The van der Waals surface area contributed by atoms with Gasteiger partial charge in [-0.3, -0.25) is 15.0 Å². The van der Waals surface area contributed by atoms with Crippen molar-refractivity contribution in [1.82, 2.24) is 15.0 Å². The second-order valence-corrected chi connectivity index (χ2v) is 4.17. The molecular weight excluding hydrogens is 455 g/mol. The topological polar surface area (TPSA) is 159 Å². The Bertz CT molecular complexity index is 719. The summed E-state index contributed by atoms with van der Waals surface area (Å²) in [6.45, 7) is -1.50. The van der Waals surface area contributed by atoms with Crippen LogP contribution in [0.5, 0.6) is 0 Å². The van der Waals surface area contributed by atoms with Crippen LogP contribution in [0.15, 0.2) is 67.4 Å². The van der Waals surface area contributed by atoms with Crippen molar-refractivity contribution in [1.29, 1.82) is 0 Å². The molecule has 9 nitrogen and oxygen atoms in total. The predicted molar refractivity (Wildman–Crippen MR) is 88.9 cm³/mol. The Morgan fingerprint density at radius 3 is 1.54 bits per heavy atom. The third-order valence-electron chi connectivity index (χ3n) is 2.72. The molecule has 0 saturated heterocycles. The van der Waals surface area contributed by atoms with E-state index in [-0.39, 0.29) is 19.5 Å². The Hall–Kier alpha value is -3.52. The number of rotatable bonds is 2. The smallest absolute Gasteiger partial charge is 0.554 e. The van der Waals surface area contributed by atoms with Crippen LogP contribution in [-0.2, 0) is 33.9 Å². The Kier molecular flexibility index (Phi) is 17.4. The normalized spacial score (nSPS) is 7.86. The maximum absolute atomic E-state index is 8.25. The third-order valence-corrected chi connectivity index (χ3v) is 2.72. The van der Waals surface area contributed by atoms with Gasteiger partial charge in [-0.1, -0.05) is 12.1 Å². The van der Waals surface area contributed by atoms with Gasteiger partial charge in [0, 0.05) is 67.1 Å². The molecule has 3 aromatic heterocycles. The van der Waals surface area contributed by atoms with Crippen LogP contribution in [0.4, 0.5) is 0 Å². The van der Waals surface area contributed by atoms with E-state index in [2.05, 4.69) is 15.0 Å². The molecule has 0 aliphatic rings. The number of carbonyl (C=O) groups is 3. The number of nitrogens with zero attached hydrogens (tertiary/aromatic N) is 3. The molecule has 0 unspecified atom stereocenters. The number of carbonyl (C=O) groups excluding carboxylic acids is 3. The van der Waals surface area contributed by atoms with Crippen LogP contribution in [0.2, 0.25) is 0 Å². The average molecular weight is 469 g/mol. The fourth-order valence-corrected chi connectivity index (χ4v) is 1.89. The molecule has 0 spiro atoms. The first-order valence-electron chi connectivity index (χ1n) is 7.12. The minimum Gasteiger partial charge on any atom is -0.554 e. The van der Waals surface area contributed by atoms with Gasteiger partial charge >= 0.3 is 19.5 Å². The fourth-order valence-electron chi connectivity index (χ4n) is 1.89. The summed E-state index contributed by atoms with van der Waals surface area (Å²) in [6.07, 6.45) is 8.99. The minimum absolute atomic E-state index is 0. The van der Waals surface area contributed by atoms with E-state index < -0.39 is 19.4 Å². The van der Waals surface area contributed by atoms with Crippen molar-refractivity contribution in [2.24, 2.45) is 0 Å². The summed E-state index contributed by atoms with van der Waals surface area (Å²) in [5.41, 5.74) is 4.07. The number of pyridine rings is 3. The molecule has 0 aromatic carbocycles. The first-order chi connectivity index (χ1) is 13.2. The van der Waals surface area contributed by atoms with Gasteiger partial charge in [-0.2, -0.15) is 0 Å². The maximum atomic E-state index is 8.25. The van der Waals surface area contributed by atoms with Crippen molar-refractivity contribution in [2.45, 2.75) is 0 Å². The molecule has 0 fully saturated rings. The Balaban J connectivity index is 0. The van der Waals surface area contributed by atoms with E-state index in [0.717, 1.165) is 22.4 Å². The summed E-state index contributed by atoms with van der Waals surface area (Å²) in [5, 5.41) is 24.8. The van der Waals surface area contributed by atoms with Gasteiger partial charge in [0.1, 0.15) is 0 Å². The van der Waals surface area contributed by atoms with Gasteiger partial charge in [-0.25, -0.2) is 0 Å². The minimum atomic E-state index is -0.500. The van der Waals surface area contributed by atoms with Gasteiger partial charge in [0.15, 0.2) is 0 Å². The molecule has 10 heteroatoms. The van der Waals surface area contributed by atoms with Crippen LogP contribution < -0.4 is 15.3 Å². The monoisotopic (exact) mass is 470 g/mol. The van der Waals surface area contributed by atoms with Gasteiger partial charge < -0.3 is 29.7 Å². The van der Waals surface area contributed by atoms with E-state index in [1.807, 2.05) is 48.8 Å².